The lowest BCUT2D eigenvalue weighted by Gasteiger charge is -2.10. The molecule has 13 heavy (non-hydrogen) atoms. The van der Waals surface area contributed by atoms with Gasteiger partial charge in [0.2, 0.25) is 0 Å². The Labute approximate surface area is 79.5 Å². The summed E-state index contributed by atoms with van der Waals surface area (Å²) in [5.74, 6) is -0.0972. The number of rotatable bonds is 1. The van der Waals surface area contributed by atoms with Gasteiger partial charge in [0.1, 0.15) is 6.04 Å². The van der Waals surface area contributed by atoms with Crippen LogP contribution in [0.25, 0.3) is 0 Å². The fourth-order valence-electron chi connectivity index (χ4n) is 1.13. The highest BCUT2D eigenvalue weighted by atomic mass is 16.2. The monoisotopic (exact) mass is 186 g/mol. The number of hydrogen-bond acceptors (Lipinski definition) is 2. The van der Waals surface area contributed by atoms with Crippen molar-refractivity contribution in [1.29, 1.82) is 0 Å². The van der Waals surface area contributed by atoms with Gasteiger partial charge in [-0.25, -0.2) is 4.79 Å². The van der Waals surface area contributed by atoms with Gasteiger partial charge in [-0.3, -0.25) is 9.69 Å². The minimum Gasteiger partial charge on any atom is -0.316 e. The summed E-state index contributed by atoms with van der Waals surface area (Å²) in [6.07, 6.45) is 0. The zero-order chi connectivity index (χ0) is 10.6. The molecule has 1 rings (SSSR count). The van der Waals surface area contributed by atoms with Crippen molar-refractivity contribution in [2.75, 3.05) is 13.6 Å². The number of imide groups is 1. The molecule has 1 unspecified atom stereocenters. The first kappa shape index (κ1) is 11.9. The molecule has 0 aromatic rings. The van der Waals surface area contributed by atoms with Gasteiger partial charge in [0.05, 0.1) is 0 Å². The maximum Gasteiger partial charge on any atom is 0.327 e. The Morgan fingerprint density at radius 1 is 1.31 bits per heavy atom. The van der Waals surface area contributed by atoms with Gasteiger partial charge in [0.25, 0.3) is 5.91 Å². The van der Waals surface area contributed by atoms with E-state index in [2.05, 4.69) is 0 Å². The van der Waals surface area contributed by atoms with Crippen LogP contribution < -0.4 is 0 Å². The second-order valence-electron chi connectivity index (χ2n) is 2.65. The molecule has 1 atom stereocenters. The third kappa shape index (κ3) is 1.99. The smallest absolute Gasteiger partial charge is 0.316 e. The molecule has 4 nitrogen and oxygen atoms in total. The summed E-state index contributed by atoms with van der Waals surface area (Å²) in [6.45, 7) is 7.99. The van der Waals surface area contributed by atoms with Crippen molar-refractivity contribution >= 4 is 11.9 Å². The Kier molecular flexibility index (Phi) is 4.45. The average molecular weight is 186 g/mol. The summed E-state index contributed by atoms with van der Waals surface area (Å²) in [7, 11) is 1.64. The van der Waals surface area contributed by atoms with Gasteiger partial charge in [-0.1, -0.05) is 13.8 Å². The first-order valence-corrected chi connectivity index (χ1v) is 4.67. The first-order chi connectivity index (χ1) is 6.09. The molecule has 0 saturated carbocycles. The molecule has 4 heteroatoms. The van der Waals surface area contributed by atoms with Crippen LogP contribution in [0, 0.1) is 0 Å². The molecular weight excluding hydrogens is 168 g/mol. The van der Waals surface area contributed by atoms with Crippen LogP contribution in [-0.2, 0) is 4.79 Å². The van der Waals surface area contributed by atoms with E-state index in [0.717, 1.165) is 0 Å². The van der Waals surface area contributed by atoms with Crippen molar-refractivity contribution in [3.8, 4) is 0 Å². The zero-order valence-electron chi connectivity index (χ0n) is 9.00. The highest BCUT2D eigenvalue weighted by molar-refractivity contribution is 6.03. The van der Waals surface area contributed by atoms with E-state index in [1.807, 2.05) is 13.8 Å². The van der Waals surface area contributed by atoms with Crippen molar-refractivity contribution in [3.05, 3.63) is 0 Å². The summed E-state index contributed by atoms with van der Waals surface area (Å²) >= 11 is 0. The standard InChI is InChI=1S/C7H12N2O2.C2H6/c1-4-9-6(10)5(2)8(3)7(9)11;1-2/h5H,4H2,1-3H3;1-2H3. The molecule has 0 spiro atoms. The van der Waals surface area contributed by atoms with Crippen LogP contribution in [0.5, 0.6) is 0 Å². The summed E-state index contributed by atoms with van der Waals surface area (Å²) in [5, 5.41) is 0. The number of carbonyl (C=O) groups is 2. The topological polar surface area (TPSA) is 40.6 Å². The van der Waals surface area contributed by atoms with Crippen molar-refractivity contribution in [2.45, 2.75) is 33.7 Å². The van der Waals surface area contributed by atoms with Crippen molar-refractivity contribution in [1.82, 2.24) is 9.80 Å². The molecule has 1 fully saturated rings. The quantitative estimate of drug-likeness (QED) is 0.579. The van der Waals surface area contributed by atoms with Crippen LogP contribution in [0.15, 0.2) is 0 Å². The molecule has 76 valence electrons. The van der Waals surface area contributed by atoms with Crippen LogP contribution in [0.4, 0.5) is 4.79 Å². The molecule has 1 aliphatic heterocycles. The summed E-state index contributed by atoms with van der Waals surface area (Å²) in [6, 6.07) is -0.479. The van der Waals surface area contributed by atoms with Crippen LogP contribution >= 0.6 is 0 Å². The Balaban J connectivity index is 0.000000671. The second kappa shape index (κ2) is 4.84. The maximum atomic E-state index is 11.2. The Morgan fingerprint density at radius 2 is 1.77 bits per heavy atom. The predicted molar refractivity (Wildman–Crippen MR) is 51.4 cm³/mol. The van der Waals surface area contributed by atoms with E-state index < -0.39 is 0 Å². The lowest BCUT2D eigenvalue weighted by Crippen LogP contribution is -2.31. The number of amides is 3. The first-order valence-electron chi connectivity index (χ1n) is 4.67. The number of likely N-dealkylation sites (N-methyl/N-ethyl adjacent to an activating group) is 2. The summed E-state index contributed by atoms with van der Waals surface area (Å²) in [5.41, 5.74) is 0. The van der Waals surface area contributed by atoms with E-state index in [-0.39, 0.29) is 18.0 Å². The molecule has 1 aliphatic rings. The third-order valence-electron chi connectivity index (χ3n) is 2.05. The van der Waals surface area contributed by atoms with Crippen LogP contribution in [0.3, 0.4) is 0 Å². The molecule has 0 radical (unpaired) electrons. The lowest BCUT2D eigenvalue weighted by molar-refractivity contribution is -0.127. The molecule has 0 aromatic heterocycles. The normalized spacial score (nSPS) is 21.8. The molecule has 0 N–H and O–H groups in total. The second-order valence-corrected chi connectivity index (χ2v) is 2.65. The van der Waals surface area contributed by atoms with E-state index in [4.69, 9.17) is 0 Å². The van der Waals surface area contributed by atoms with Gasteiger partial charge >= 0.3 is 6.03 Å². The van der Waals surface area contributed by atoms with Crippen LogP contribution in [0.2, 0.25) is 0 Å². The maximum absolute atomic E-state index is 11.2. The van der Waals surface area contributed by atoms with E-state index in [1.165, 1.54) is 9.80 Å². The molecule has 1 heterocycles. The van der Waals surface area contributed by atoms with Crippen LogP contribution in [-0.4, -0.2) is 41.4 Å². The minimum absolute atomic E-state index is 0.0972. The fourth-order valence-corrected chi connectivity index (χ4v) is 1.13. The van der Waals surface area contributed by atoms with Gasteiger partial charge in [-0.2, -0.15) is 0 Å². The van der Waals surface area contributed by atoms with E-state index in [9.17, 15) is 9.59 Å². The number of carbonyl (C=O) groups excluding carboxylic acids is 2. The number of hydrogen-bond donors (Lipinski definition) is 0. The Hall–Kier alpha value is -1.06. The summed E-state index contributed by atoms with van der Waals surface area (Å²) in [4.78, 5) is 25.1. The molecular formula is C9H18N2O2. The van der Waals surface area contributed by atoms with Gasteiger partial charge < -0.3 is 4.90 Å². The lowest BCUT2D eigenvalue weighted by atomic mass is 10.3. The molecule has 1 saturated heterocycles. The average Bonchev–Trinajstić information content (AvgIpc) is 2.35. The SMILES string of the molecule is CC.CCN1C(=O)C(C)N(C)C1=O. The van der Waals surface area contributed by atoms with Crippen molar-refractivity contribution < 1.29 is 9.59 Å². The minimum atomic E-state index is -0.289. The van der Waals surface area contributed by atoms with Gasteiger partial charge in [-0.05, 0) is 13.8 Å². The third-order valence-corrected chi connectivity index (χ3v) is 2.05. The molecule has 0 aromatic carbocycles. The van der Waals surface area contributed by atoms with E-state index in [1.54, 1.807) is 20.9 Å². The highest BCUT2D eigenvalue weighted by Crippen LogP contribution is 2.13. The van der Waals surface area contributed by atoms with Crippen molar-refractivity contribution in [2.24, 2.45) is 0 Å². The van der Waals surface area contributed by atoms with Gasteiger partial charge in [-0.15, -0.1) is 0 Å². The Morgan fingerprint density at radius 3 is 1.92 bits per heavy atom. The van der Waals surface area contributed by atoms with Gasteiger partial charge in [0, 0.05) is 13.6 Å². The fraction of sp³-hybridized carbons (Fsp3) is 0.778. The number of urea groups is 1. The molecule has 0 bridgehead atoms. The number of nitrogens with zero attached hydrogens (tertiary/aromatic N) is 2. The molecule has 3 amide bonds. The Bertz CT molecular complexity index is 184. The van der Waals surface area contributed by atoms with Crippen LogP contribution in [0.1, 0.15) is 27.7 Å². The predicted octanol–water partition coefficient (Wildman–Crippen LogP) is 1.32. The van der Waals surface area contributed by atoms with E-state index in [0.29, 0.717) is 6.54 Å². The zero-order valence-corrected chi connectivity index (χ0v) is 9.00. The highest BCUT2D eigenvalue weighted by Gasteiger charge is 2.38. The van der Waals surface area contributed by atoms with E-state index >= 15 is 0 Å². The molecule has 0 aliphatic carbocycles. The largest absolute Gasteiger partial charge is 0.327 e. The van der Waals surface area contributed by atoms with Gasteiger partial charge in [0.15, 0.2) is 0 Å². The van der Waals surface area contributed by atoms with Crippen molar-refractivity contribution in [3.63, 3.8) is 0 Å². The summed E-state index contributed by atoms with van der Waals surface area (Å²) < 4.78 is 0.